The van der Waals surface area contributed by atoms with Crippen LogP contribution in [0, 0.1) is 11.3 Å². The van der Waals surface area contributed by atoms with Crippen LogP contribution in [0.4, 0.5) is 5.95 Å². The second-order valence-corrected chi connectivity index (χ2v) is 7.06. The van der Waals surface area contributed by atoms with Crippen molar-refractivity contribution in [2.75, 3.05) is 44.7 Å². The van der Waals surface area contributed by atoms with Gasteiger partial charge in [-0.15, -0.1) is 24.0 Å². The van der Waals surface area contributed by atoms with Crippen LogP contribution in [0.2, 0.25) is 0 Å². The standard InChI is InChI=1S/C17H26N6.HI/c1-18-15(21-13-17(5-6-17)14-3-4-14)22-9-11-23(12-10-22)16-19-7-2-8-20-16;/h2,7-8,14H,3-6,9-13H2,1H3,(H,18,21);1H. The zero-order valence-electron chi connectivity index (χ0n) is 14.3. The Morgan fingerprint density at radius 3 is 2.42 bits per heavy atom. The van der Waals surface area contributed by atoms with Gasteiger partial charge in [0.2, 0.25) is 5.95 Å². The molecule has 3 fully saturated rings. The van der Waals surface area contributed by atoms with Crippen LogP contribution in [0.15, 0.2) is 23.5 Å². The smallest absolute Gasteiger partial charge is 0.225 e. The van der Waals surface area contributed by atoms with Gasteiger partial charge in [0.1, 0.15) is 0 Å². The molecule has 7 heteroatoms. The molecule has 0 radical (unpaired) electrons. The first-order valence-corrected chi connectivity index (χ1v) is 8.78. The van der Waals surface area contributed by atoms with Gasteiger partial charge >= 0.3 is 0 Å². The number of aromatic nitrogens is 2. The lowest BCUT2D eigenvalue weighted by Crippen LogP contribution is -2.53. The van der Waals surface area contributed by atoms with Crippen LogP contribution >= 0.6 is 24.0 Å². The maximum absolute atomic E-state index is 4.50. The zero-order chi connectivity index (χ0) is 15.7. The zero-order valence-corrected chi connectivity index (χ0v) is 16.6. The van der Waals surface area contributed by atoms with Crippen molar-refractivity contribution in [3.05, 3.63) is 18.5 Å². The third-order valence-corrected chi connectivity index (χ3v) is 5.56. The molecule has 0 amide bonds. The number of hydrogen-bond donors (Lipinski definition) is 1. The van der Waals surface area contributed by atoms with E-state index in [2.05, 4.69) is 30.1 Å². The number of guanidine groups is 1. The summed E-state index contributed by atoms with van der Waals surface area (Å²) in [6, 6.07) is 1.86. The van der Waals surface area contributed by atoms with Crippen LogP contribution in [0.3, 0.4) is 0 Å². The minimum atomic E-state index is 0. The number of anilines is 1. The molecular weight excluding hydrogens is 415 g/mol. The molecule has 4 rings (SSSR count). The summed E-state index contributed by atoms with van der Waals surface area (Å²) in [5.41, 5.74) is 0.607. The van der Waals surface area contributed by atoms with Crippen molar-refractivity contribution in [1.82, 2.24) is 20.2 Å². The first-order valence-electron chi connectivity index (χ1n) is 8.78. The summed E-state index contributed by atoms with van der Waals surface area (Å²) in [7, 11) is 1.89. The summed E-state index contributed by atoms with van der Waals surface area (Å²) < 4.78 is 0. The van der Waals surface area contributed by atoms with E-state index in [0.717, 1.165) is 50.5 Å². The van der Waals surface area contributed by atoms with Crippen molar-refractivity contribution < 1.29 is 0 Å². The summed E-state index contributed by atoms with van der Waals surface area (Å²) in [5.74, 6) is 2.88. The number of hydrogen-bond acceptors (Lipinski definition) is 4. The van der Waals surface area contributed by atoms with Crippen molar-refractivity contribution in [3.63, 3.8) is 0 Å². The van der Waals surface area contributed by atoms with Gasteiger partial charge in [0.25, 0.3) is 0 Å². The van der Waals surface area contributed by atoms with Crippen LogP contribution in [0.25, 0.3) is 0 Å². The van der Waals surface area contributed by atoms with E-state index < -0.39 is 0 Å². The molecule has 6 nitrogen and oxygen atoms in total. The monoisotopic (exact) mass is 442 g/mol. The molecule has 2 saturated carbocycles. The Morgan fingerprint density at radius 1 is 1.21 bits per heavy atom. The summed E-state index contributed by atoms with van der Waals surface area (Å²) in [6.07, 6.45) is 9.30. The van der Waals surface area contributed by atoms with Crippen molar-refractivity contribution in [1.29, 1.82) is 0 Å². The highest BCUT2D eigenvalue weighted by atomic mass is 127. The summed E-state index contributed by atoms with van der Waals surface area (Å²) in [4.78, 5) is 17.8. The lowest BCUT2D eigenvalue weighted by atomic mass is 10.0. The molecule has 0 spiro atoms. The van der Waals surface area contributed by atoms with Gasteiger partial charge < -0.3 is 15.1 Å². The van der Waals surface area contributed by atoms with E-state index in [-0.39, 0.29) is 24.0 Å². The molecule has 1 aliphatic heterocycles. The van der Waals surface area contributed by atoms with Crippen LogP contribution < -0.4 is 10.2 Å². The number of rotatable bonds is 4. The highest BCUT2D eigenvalue weighted by Gasteiger charge is 2.53. The maximum Gasteiger partial charge on any atom is 0.225 e. The fraction of sp³-hybridized carbons (Fsp3) is 0.706. The maximum atomic E-state index is 4.50. The minimum absolute atomic E-state index is 0. The first-order chi connectivity index (χ1) is 11.3. The summed E-state index contributed by atoms with van der Waals surface area (Å²) in [5, 5.41) is 3.64. The molecule has 0 atom stereocenters. The second kappa shape index (κ2) is 7.41. The van der Waals surface area contributed by atoms with Crippen LogP contribution in [0.1, 0.15) is 25.7 Å². The van der Waals surface area contributed by atoms with Gasteiger partial charge in [-0.25, -0.2) is 9.97 Å². The van der Waals surface area contributed by atoms with E-state index in [0.29, 0.717) is 5.41 Å². The Labute approximate surface area is 161 Å². The highest BCUT2D eigenvalue weighted by Crippen LogP contribution is 2.60. The molecular formula is C17H27IN6. The van der Waals surface area contributed by atoms with Gasteiger partial charge in [-0.1, -0.05) is 0 Å². The topological polar surface area (TPSA) is 56.7 Å². The molecule has 0 aromatic carbocycles. The summed E-state index contributed by atoms with van der Waals surface area (Å²) in [6.45, 7) is 4.92. The third-order valence-electron chi connectivity index (χ3n) is 5.56. The molecule has 1 aromatic rings. The van der Waals surface area contributed by atoms with Gasteiger partial charge in [0, 0.05) is 52.2 Å². The molecule has 0 unspecified atom stereocenters. The molecule has 24 heavy (non-hydrogen) atoms. The normalized spacial score (nSPS) is 22.8. The Hall–Kier alpha value is -1.12. The molecule has 0 bridgehead atoms. The number of nitrogens with one attached hydrogen (secondary N) is 1. The molecule has 132 valence electrons. The second-order valence-electron chi connectivity index (χ2n) is 7.06. The predicted octanol–water partition coefficient (Wildman–Crippen LogP) is 1.98. The quantitative estimate of drug-likeness (QED) is 0.439. The average molecular weight is 442 g/mol. The Balaban J connectivity index is 0.00000169. The molecule has 2 aliphatic carbocycles. The number of piperazine rings is 1. The third kappa shape index (κ3) is 3.75. The van der Waals surface area contributed by atoms with Gasteiger partial charge in [-0.05, 0) is 43.1 Å². The molecule has 1 aromatic heterocycles. The minimum Gasteiger partial charge on any atom is -0.356 e. The fourth-order valence-electron chi connectivity index (χ4n) is 3.75. The largest absolute Gasteiger partial charge is 0.356 e. The van der Waals surface area contributed by atoms with E-state index in [1.54, 1.807) is 0 Å². The van der Waals surface area contributed by atoms with Gasteiger partial charge in [-0.3, -0.25) is 4.99 Å². The van der Waals surface area contributed by atoms with Crippen LogP contribution in [-0.2, 0) is 0 Å². The lowest BCUT2D eigenvalue weighted by molar-refractivity contribution is 0.357. The van der Waals surface area contributed by atoms with Crippen molar-refractivity contribution in [3.8, 4) is 0 Å². The number of halogens is 1. The average Bonchev–Trinajstić information content (AvgIpc) is 3.49. The Kier molecular flexibility index (Phi) is 5.46. The van der Waals surface area contributed by atoms with Gasteiger partial charge in [0.05, 0.1) is 0 Å². The van der Waals surface area contributed by atoms with Crippen LogP contribution in [-0.4, -0.2) is 60.6 Å². The molecule has 2 heterocycles. The SMILES string of the molecule is CN=C(NCC1(C2CC2)CC1)N1CCN(c2ncccn2)CC1.I. The molecule has 1 N–H and O–H groups in total. The summed E-state index contributed by atoms with van der Waals surface area (Å²) >= 11 is 0. The first kappa shape index (κ1) is 17.7. The lowest BCUT2D eigenvalue weighted by Gasteiger charge is -2.36. The van der Waals surface area contributed by atoms with Gasteiger partial charge in [-0.2, -0.15) is 0 Å². The molecule has 3 aliphatic rings. The fourth-order valence-corrected chi connectivity index (χ4v) is 3.75. The Morgan fingerprint density at radius 2 is 1.88 bits per heavy atom. The number of aliphatic imine (C=N–C) groups is 1. The van der Waals surface area contributed by atoms with E-state index in [1.807, 2.05) is 25.5 Å². The molecule has 1 saturated heterocycles. The van der Waals surface area contributed by atoms with Crippen LogP contribution in [0.5, 0.6) is 0 Å². The Bertz CT molecular complexity index is 562. The van der Waals surface area contributed by atoms with Crippen molar-refractivity contribution in [2.24, 2.45) is 16.3 Å². The highest BCUT2D eigenvalue weighted by molar-refractivity contribution is 14.0. The van der Waals surface area contributed by atoms with E-state index in [9.17, 15) is 0 Å². The van der Waals surface area contributed by atoms with E-state index in [1.165, 1.54) is 25.7 Å². The van der Waals surface area contributed by atoms with E-state index >= 15 is 0 Å². The predicted molar refractivity (Wildman–Crippen MR) is 107 cm³/mol. The van der Waals surface area contributed by atoms with Gasteiger partial charge in [0.15, 0.2) is 5.96 Å². The van der Waals surface area contributed by atoms with Crippen molar-refractivity contribution in [2.45, 2.75) is 25.7 Å². The van der Waals surface area contributed by atoms with E-state index in [4.69, 9.17) is 0 Å². The van der Waals surface area contributed by atoms with Crippen molar-refractivity contribution >= 4 is 35.9 Å². The number of nitrogens with zero attached hydrogens (tertiary/aromatic N) is 5.